The molecule has 2 N–H and O–H groups in total. The molecule has 1 heterocycles. The average Bonchev–Trinajstić information content (AvgIpc) is 3.11. The van der Waals surface area contributed by atoms with Crippen molar-refractivity contribution in [1.82, 2.24) is 5.32 Å². The van der Waals surface area contributed by atoms with Crippen molar-refractivity contribution in [2.24, 2.45) is 5.92 Å². The molecule has 0 aromatic heterocycles. The zero-order valence-electron chi connectivity index (χ0n) is 10.8. The summed E-state index contributed by atoms with van der Waals surface area (Å²) >= 11 is 0. The van der Waals surface area contributed by atoms with Gasteiger partial charge in [-0.2, -0.15) is 0 Å². The number of benzene rings is 1. The van der Waals surface area contributed by atoms with Crippen molar-refractivity contribution < 1.29 is 4.79 Å². The molecular formula is C15H20N2O. The molecule has 0 radical (unpaired) electrons. The Morgan fingerprint density at radius 2 is 2.28 bits per heavy atom. The molecule has 96 valence electrons. The van der Waals surface area contributed by atoms with E-state index in [1.807, 2.05) is 0 Å². The number of anilines is 1. The van der Waals surface area contributed by atoms with Gasteiger partial charge >= 0.3 is 0 Å². The molecular weight excluding hydrogens is 224 g/mol. The standard InChI is InChI=1S/C15H20N2O/c1-2-7-16-15(10-3-4-10)11-5-6-13-12(8-11)9-14(18)17-13/h5-6,8,10,15-16H,2-4,7,9H2,1H3,(H,17,18). The number of hydrogen-bond acceptors (Lipinski definition) is 2. The van der Waals surface area contributed by atoms with Gasteiger partial charge < -0.3 is 10.6 Å². The quantitative estimate of drug-likeness (QED) is 0.836. The van der Waals surface area contributed by atoms with E-state index >= 15 is 0 Å². The highest BCUT2D eigenvalue weighted by atomic mass is 16.1. The molecule has 1 aromatic carbocycles. The third-order valence-corrected chi connectivity index (χ3v) is 3.82. The van der Waals surface area contributed by atoms with E-state index < -0.39 is 0 Å². The molecule has 2 aliphatic rings. The Morgan fingerprint density at radius 3 is 3.00 bits per heavy atom. The lowest BCUT2D eigenvalue weighted by Crippen LogP contribution is -2.23. The minimum absolute atomic E-state index is 0.117. The van der Waals surface area contributed by atoms with E-state index in [2.05, 4.69) is 35.8 Å². The van der Waals surface area contributed by atoms with Crippen LogP contribution in [0.5, 0.6) is 0 Å². The van der Waals surface area contributed by atoms with Gasteiger partial charge in [-0.05, 0) is 48.9 Å². The largest absolute Gasteiger partial charge is 0.326 e. The summed E-state index contributed by atoms with van der Waals surface area (Å²) in [7, 11) is 0. The van der Waals surface area contributed by atoms with Crippen LogP contribution in [0.25, 0.3) is 0 Å². The second-order valence-electron chi connectivity index (χ2n) is 5.41. The van der Waals surface area contributed by atoms with Gasteiger partial charge in [-0.1, -0.05) is 19.1 Å². The molecule has 3 nitrogen and oxygen atoms in total. The van der Waals surface area contributed by atoms with Gasteiger partial charge in [0.1, 0.15) is 0 Å². The summed E-state index contributed by atoms with van der Waals surface area (Å²) in [5.74, 6) is 0.909. The first-order chi connectivity index (χ1) is 8.78. The highest BCUT2D eigenvalue weighted by molar-refractivity contribution is 5.99. The van der Waals surface area contributed by atoms with Gasteiger partial charge in [-0.3, -0.25) is 4.79 Å². The van der Waals surface area contributed by atoms with Gasteiger partial charge in [0.05, 0.1) is 6.42 Å². The molecule has 3 heteroatoms. The Bertz CT molecular complexity index is 466. The molecule has 1 saturated carbocycles. The van der Waals surface area contributed by atoms with E-state index in [0.717, 1.165) is 30.1 Å². The first-order valence-corrected chi connectivity index (χ1v) is 6.94. The van der Waals surface area contributed by atoms with Crippen LogP contribution in [0, 0.1) is 5.92 Å². The topological polar surface area (TPSA) is 41.1 Å². The number of hydrogen-bond donors (Lipinski definition) is 2. The molecule has 1 aliphatic heterocycles. The van der Waals surface area contributed by atoms with Crippen LogP contribution in [0.15, 0.2) is 18.2 Å². The van der Waals surface area contributed by atoms with Crippen LogP contribution < -0.4 is 10.6 Å². The fourth-order valence-corrected chi connectivity index (χ4v) is 2.73. The number of nitrogens with one attached hydrogen (secondary N) is 2. The highest BCUT2D eigenvalue weighted by Gasteiger charge is 2.32. The van der Waals surface area contributed by atoms with Crippen LogP contribution in [-0.4, -0.2) is 12.5 Å². The zero-order chi connectivity index (χ0) is 12.5. The van der Waals surface area contributed by atoms with Gasteiger partial charge in [-0.15, -0.1) is 0 Å². The Balaban J connectivity index is 1.82. The van der Waals surface area contributed by atoms with Gasteiger partial charge in [-0.25, -0.2) is 0 Å². The summed E-state index contributed by atoms with van der Waals surface area (Å²) in [6, 6.07) is 6.90. The van der Waals surface area contributed by atoms with Crippen LogP contribution in [-0.2, 0) is 11.2 Å². The second-order valence-corrected chi connectivity index (χ2v) is 5.41. The van der Waals surface area contributed by atoms with Crippen molar-refractivity contribution in [2.45, 2.75) is 38.6 Å². The Kier molecular flexibility index (Phi) is 3.08. The third-order valence-electron chi connectivity index (χ3n) is 3.82. The lowest BCUT2D eigenvalue weighted by molar-refractivity contribution is -0.115. The molecule has 1 aromatic rings. The van der Waals surface area contributed by atoms with Crippen LogP contribution in [0.3, 0.4) is 0 Å². The molecule has 0 saturated heterocycles. The molecule has 1 aliphatic carbocycles. The molecule has 1 fully saturated rings. The molecule has 1 unspecified atom stereocenters. The summed E-state index contributed by atoms with van der Waals surface area (Å²) in [6.07, 6.45) is 4.35. The zero-order valence-corrected chi connectivity index (χ0v) is 10.8. The minimum Gasteiger partial charge on any atom is -0.326 e. The molecule has 1 amide bonds. The van der Waals surface area contributed by atoms with E-state index in [1.165, 1.54) is 18.4 Å². The summed E-state index contributed by atoms with van der Waals surface area (Å²) in [5.41, 5.74) is 3.50. The average molecular weight is 244 g/mol. The van der Waals surface area contributed by atoms with Crippen molar-refractivity contribution in [3.8, 4) is 0 Å². The predicted molar refractivity (Wildman–Crippen MR) is 72.5 cm³/mol. The number of carbonyl (C=O) groups excluding carboxylic acids is 1. The van der Waals surface area contributed by atoms with Crippen molar-refractivity contribution >= 4 is 11.6 Å². The lowest BCUT2D eigenvalue weighted by atomic mass is 9.99. The third kappa shape index (κ3) is 2.27. The van der Waals surface area contributed by atoms with Crippen LogP contribution in [0.2, 0.25) is 0 Å². The van der Waals surface area contributed by atoms with Crippen LogP contribution in [0.4, 0.5) is 5.69 Å². The van der Waals surface area contributed by atoms with Crippen molar-refractivity contribution in [3.05, 3.63) is 29.3 Å². The molecule has 18 heavy (non-hydrogen) atoms. The van der Waals surface area contributed by atoms with Crippen molar-refractivity contribution in [1.29, 1.82) is 0 Å². The first kappa shape index (κ1) is 11.7. The fourth-order valence-electron chi connectivity index (χ4n) is 2.73. The van der Waals surface area contributed by atoms with Crippen molar-refractivity contribution in [3.63, 3.8) is 0 Å². The van der Waals surface area contributed by atoms with Crippen LogP contribution >= 0.6 is 0 Å². The highest BCUT2D eigenvalue weighted by Crippen LogP contribution is 2.42. The summed E-state index contributed by atoms with van der Waals surface area (Å²) in [4.78, 5) is 11.4. The normalized spacial score (nSPS) is 19.5. The van der Waals surface area contributed by atoms with Gasteiger partial charge in [0.25, 0.3) is 0 Å². The molecule has 0 spiro atoms. The number of fused-ring (bicyclic) bond motifs is 1. The van der Waals surface area contributed by atoms with Gasteiger partial charge in [0, 0.05) is 11.7 Å². The summed E-state index contributed by atoms with van der Waals surface area (Å²) < 4.78 is 0. The predicted octanol–water partition coefficient (Wildman–Crippen LogP) is 2.63. The molecule has 3 rings (SSSR count). The minimum atomic E-state index is 0.117. The van der Waals surface area contributed by atoms with E-state index in [9.17, 15) is 4.79 Å². The van der Waals surface area contributed by atoms with E-state index in [-0.39, 0.29) is 5.91 Å². The van der Waals surface area contributed by atoms with E-state index in [1.54, 1.807) is 0 Å². The fraction of sp³-hybridized carbons (Fsp3) is 0.533. The maximum absolute atomic E-state index is 11.4. The number of amides is 1. The van der Waals surface area contributed by atoms with Crippen molar-refractivity contribution in [2.75, 3.05) is 11.9 Å². The maximum atomic E-state index is 11.4. The first-order valence-electron chi connectivity index (χ1n) is 6.94. The van der Waals surface area contributed by atoms with Gasteiger partial charge in [0.2, 0.25) is 5.91 Å². The van der Waals surface area contributed by atoms with E-state index in [0.29, 0.717) is 12.5 Å². The number of rotatable bonds is 5. The Morgan fingerprint density at radius 1 is 1.44 bits per heavy atom. The second kappa shape index (κ2) is 4.73. The Labute approximate surface area is 108 Å². The lowest BCUT2D eigenvalue weighted by Gasteiger charge is -2.19. The van der Waals surface area contributed by atoms with Crippen LogP contribution in [0.1, 0.15) is 43.4 Å². The molecule has 1 atom stereocenters. The SMILES string of the molecule is CCCNC(c1ccc2c(c1)CC(=O)N2)C1CC1. The monoisotopic (exact) mass is 244 g/mol. The van der Waals surface area contributed by atoms with Gasteiger partial charge in [0.15, 0.2) is 0 Å². The maximum Gasteiger partial charge on any atom is 0.228 e. The summed E-state index contributed by atoms with van der Waals surface area (Å²) in [5, 5.41) is 6.54. The number of carbonyl (C=O) groups is 1. The molecule has 0 bridgehead atoms. The van der Waals surface area contributed by atoms with E-state index in [4.69, 9.17) is 0 Å². The smallest absolute Gasteiger partial charge is 0.228 e. The Hall–Kier alpha value is -1.35. The summed E-state index contributed by atoms with van der Waals surface area (Å²) in [6.45, 7) is 3.26.